The molecule has 5 heterocycles. The van der Waals surface area contributed by atoms with E-state index in [1.807, 2.05) is 53.4 Å². The van der Waals surface area contributed by atoms with Crippen LogP contribution in [0, 0.1) is 10.1 Å². The van der Waals surface area contributed by atoms with E-state index in [2.05, 4.69) is 30.5 Å². The van der Waals surface area contributed by atoms with Gasteiger partial charge in [0.1, 0.15) is 27.5 Å². The third-order valence-electron chi connectivity index (χ3n) is 10.3. The number of Topliss-reactive ketones (excluding diaryl/α,β-unsaturated/α-hetero) is 1. The predicted molar refractivity (Wildman–Crippen MR) is 235 cm³/mol. The molecule has 2 N–H and O–H groups in total. The standard InChI is InChI=1S/C41H40N8O7S4/c50-37(35-25-58-41(45-35)48-17-13-27-6-4-9-31(32(27)23-48)38(51)46-40-44-34-10-5-15-42-39(34)59-40)26-60(54,55)30-11-12-33(36(22-30)49(52)53)43-28(14-16-47-18-20-56-21-19-47)24-57-29-7-2-1-3-8-29/h1-12,15,22,25,28,43H,13-14,16-21,23-24,26H2,(H,44,46,51)/t28-/m1/s1. The lowest BCUT2D eigenvalue weighted by atomic mass is 9.94. The van der Waals surface area contributed by atoms with Crippen molar-refractivity contribution < 1.29 is 27.7 Å². The molecule has 15 nitrogen and oxygen atoms in total. The number of anilines is 3. The fourth-order valence-electron chi connectivity index (χ4n) is 7.08. The van der Waals surface area contributed by atoms with E-state index in [0.29, 0.717) is 66.2 Å². The molecule has 8 rings (SSSR count). The van der Waals surface area contributed by atoms with Gasteiger partial charge < -0.3 is 15.0 Å². The molecule has 1 atom stereocenters. The number of carbonyl (C=O) groups is 2. The molecule has 1 fully saturated rings. The Labute approximate surface area is 358 Å². The summed E-state index contributed by atoms with van der Waals surface area (Å²) in [5.74, 6) is -1.32. The van der Waals surface area contributed by atoms with Crippen molar-refractivity contribution in [1.29, 1.82) is 0 Å². The number of nitro groups is 1. The van der Waals surface area contributed by atoms with Crippen molar-refractivity contribution in [2.75, 3.05) is 66.4 Å². The number of sulfone groups is 1. The first-order chi connectivity index (χ1) is 29.1. The highest BCUT2D eigenvalue weighted by atomic mass is 32.2. The number of pyridine rings is 1. The summed E-state index contributed by atoms with van der Waals surface area (Å²) in [4.78, 5) is 57.7. The van der Waals surface area contributed by atoms with Crippen LogP contribution in [0.15, 0.2) is 100 Å². The lowest BCUT2D eigenvalue weighted by Gasteiger charge is -2.29. The number of benzene rings is 3. The number of ether oxygens (including phenoxy) is 1. The van der Waals surface area contributed by atoms with Gasteiger partial charge in [-0.15, -0.1) is 23.1 Å². The van der Waals surface area contributed by atoms with E-state index in [-0.39, 0.29) is 28.2 Å². The quantitative estimate of drug-likeness (QED) is 0.0446. The van der Waals surface area contributed by atoms with Crippen molar-refractivity contribution in [3.05, 3.63) is 123 Å². The Morgan fingerprint density at radius 3 is 2.63 bits per heavy atom. The Bertz CT molecular complexity index is 2600. The van der Waals surface area contributed by atoms with Crippen LogP contribution in [0.25, 0.3) is 10.3 Å². The van der Waals surface area contributed by atoms with E-state index in [4.69, 9.17) is 4.74 Å². The van der Waals surface area contributed by atoms with Crippen LogP contribution in [0.5, 0.6) is 0 Å². The van der Waals surface area contributed by atoms with Crippen LogP contribution in [0.4, 0.5) is 21.6 Å². The first-order valence-electron chi connectivity index (χ1n) is 19.2. The van der Waals surface area contributed by atoms with Gasteiger partial charge in [0.05, 0.1) is 23.0 Å². The second-order valence-corrected chi connectivity index (χ2v) is 19.2. The summed E-state index contributed by atoms with van der Waals surface area (Å²) in [6.45, 7) is 4.63. The molecule has 0 bridgehead atoms. The molecule has 0 spiro atoms. The van der Waals surface area contributed by atoms with Gasteiger partial charge in [0, 0.05) is 72.6 Å². The zero-order chi connectivity index (χ0) is 41.6. The smallest absolute Gasteiger partial charge is 0.293 e. The third kappa shape index (κ3) is 9.83. The summed E-state index contributed by atoms with van der Waals surface area (Å²) < 4.78 is 32.7. The van der Waals surface area contributed by atoms with Crippen LogP contribution in [0.3, 0.4) is 0 Å². The number of hydrogen-bond acceptors (Lipinski definition) is 16. The van der Waals surface area contributed by atoms with Gasteiger partial charge in [-0.25, -0.2) is 23.4 Å². The summed E-state index contributed by atoms with van der Waals surface area (Å²) in [7, 11) is -4.29. The number of aromatic nitrogens is 3. The van der Waals surface area contributed by atoms with Crippen LogP contribution in [0.1, 0.15) is 38.4 Å². The first kappa shape index (κ1) is 41.4. The van der Waals surface area contributed by atoms with E-state index in [1.165, 1.54) is 40.2 Å². The highest BCUT2D eigenvalue weighted by molar-refractivity contribution is 7.99. The Morgan fingerprint density at radius 2 is 1.83 bits per heavy atom. The van der Waals surface area contributed by atoms with E-state index >= 15 is 0 Å². The molecule has 2 aliphatic rings. The van der Waals surface area contributed by atoms with Gasteiger partial charge in [-0.2, -0.15) is 0 Å². The highest BCUT2D eigenvalue weighted by Crippen LogP contribution is 2.33. The Kier molecular flexibility index (Phi) is 12.8. The number of ketones is 1. The highest BCUT2D eigenvalue weighted by Gasteiger charge is 2.29. The fraction of sp³-hybridized carbons (Fsp3) is 0.293. The minimum Gasteiger partial charge on any atom is -0.379 e. The molecule has 0 aliphatic carbocycles. The number of nitrogens with one attached hydrogen (secondary N) is 2. The normalized spacial score (nSPS) is 15.0. The number of rotatable bonds is 16. The number of nitro benzene ring substituents is 1. The van der Waals surface area contributed by atoms with Crippen molar-refractivity contribution in [2.24, 2.45) is 0 Å². The Morgan fingerprint density at radius 1 is 1.00 bits per heavy atom. The van der Waals surface area contributed by atoms with Crippen LogP contribution in [0.2, 0.25) is 0 Å². The summed E-state index contributed by atoms with van der Waals surface area (Å²) in [5.41, 5.74) is 2.82. The summed E-state index contributed by atoms with van der Waals surface area (Å²) in [6.07, 6.45) is 3.00. The Hall–Kier alpha value is -5.31. The van der Waals surface area contributed by atoms with Crippen molar-refractivity contribution in [2.45, 2.75) is 35.2 Å². The molecule has 0 saturated carbocycles. The maximum atomic E-state index is 13.6. The zero-order valence-corrected chi connectivity index (χ0v) is 35.5. The average Bonchev–Trinajstić information content (AvgIpc) is 3.93. The molecule has 0 radical (unpaired) electrons. The van der Waals surface area contributed by atoms with Gasteiger partial charge in [0.25, 0.3) is 11.6 Å². The molecular weight excluding hydrogens is 845 g/mol. The van der Waals surface area contributed by atoms with Gasteiger partial charge in [-0.1, -0.05) is 41.7 Å². The van der Waals surface area contributed by atoms with Crippen LogP contribution in [-0.4, -0.2) is 102 Å². The van der Waals surface area contributed by atoms with E-state index in [0.717, 1.165) is 46.6 Å². The number of fused-ring (bicyclic) bond motifs is 2. The Balaban J connectivity index is 0.934. The molecule has 6 aromatic rings. The first-order valence-corrected chi connectivity index (χ1v) is 23.6. The van der Waals surface area contributed by atoms with E-state index in [1.54, 1.807) is 30.1 Å². The topological polar surface area (TPSA) is 190 Å². The second kappa shape index (κ2) is 18.5. The summed E-state index contributed by atoms with van der Waals surface area (Å²) in [5, 5.41) is 21.0. The van der Waals surface area contributed by atoms with E-state index < -0.39 is 32.0 Å². The largest absolute Gasteiger partial charge is 0.379 e. The van der Waals surface area contributed by atoms with Gasteiger partial charge in [-0.05, 0) is 66.4 Å². The number of thioether (sulfide) groups is 1. The number of amides is 1. The summed E-state index contributed by atoms with van der Waals surface area (Å²) >= 11 is 4.13. The summed E-state index contributed by atoms with van der Waals surface area (Å²) in [6, 6.07) is 22.6. The number of hydrogen-bond donors (Lipinski definition) is 2. The van der Waals surface area contributed by atoms with Crippen molar-refractivity contribution in [3.8, 4) is 0 Å². The van der Waals surface area contributed by atoms with Crippen molar-refractivity contribution in [3.63, 3.8) is 0 Å². The molecule has 1 amide bonds. The molecule has 3 aromatic heterocycles. The van der Waals surface area contributed by atoms with Gasteiger partial charge in [0.15, 0.2) is 25.9 Å². The number of carbonyl (C=O) groups excluding carboxylic acids is 2. The maximum absolute atomic E-state index is 13.6. The lowest BCUT2D eigenvalue weighted by Crippen LogP contribution is -2.39. The van der Waals surface area contributed by atoms with Crippen molar-refractivity contribution in [1.82, 2.24) is 19.9 Å². The van der Waals surface area contributed by atoms with Crippen LogP contribution in [-0.2, 0) is 27.5 Å². The monoisotopic (exact) mass is 884 g/mol. The van der Waals surface area contributed by atoms with E-state index in [9.17, 15) is 28.1 Å². The molecule has 0 unspecified atom stereocenters. The molecule has 3 aromatic carbocycles. The number of morpholine rings is 1. The molecular formula is C41H40N8O7S4. The molecule has 19 heteroatoms. The lowest BCUT2D eigenvalue weighted by molar-refractivity contribution is -0.384. The van der Waals surface area contributed by atoms with Gasteiger partial charge in [-0.3, -0.25) is 29.9 Å². The average molecular weight is 885 g/mol. The fourth-order valence-corrected chi connectivity index (χ4v) is 11.0. The van der Waals surface area contributed by atoms with Crippen LogP contribution >= 0.6 is 34.4 Å². The number of nitrogens with zero attached hydrogens (tertiary/aromatic N) is 6. The second-order valence-electron chi connectivity index (χ2n) is 14.3. The SMILES string of the molecule is O=C(CS(=O)(=O)c1ccc(N[C@H](CCN2CCOCC2)CSc2ccccc2)c([N+](=O)[O-])c1)c1csc(N2CCc3cccc(C(=O)Nc4nc5cccnc5s4)c3C2)n1. The molecule has 2 aliphatic heterocycles. The molecule has 60 heavy (non-hydrogen) atoms. The van der Waals surface area contributed by atoms with Gasteiger partial charge >= 0.3 is 0 Å². The molecule has 1 saturated heterocycles. The van der Waals surface area contributed by atoms with Crippen LogP contribution < -0.4 is 15.5 Å². The minimum absolute atomic E-state index is 0.0216. The molecule has 310 valence electrons. The number of thiazole rings is 2. The predicted octanol–water partition coefficient (Wildman–Crippen LogP) is 6.82. The maximum Gasteiger partial charge on any atom is 0.293 e. The third-order valence-corrected chi connectivity index (χ3v) is 14.8. The zero-order valence-electron chi connectivity index (χ0n) is 32.2. The van der Waals surface area contributed by atoms with Gasteiger partial charge in [0.2, 0.25) is 0 Å². The van der Waals surface area contributed by atoms with Crippen molar-refractivity contribution >= 4 is 87.9 Å². The minimum atomic E-state index is -4.29.